The van der Waals surface area contributed by atoms with Crippen LogP contribution in [-0.2, 0) is 21.3 Å². The number of carbonyl (C=O) groups excluding carboxylic acids is 1. The maximum absolute atomic E-state index is 13.2. The zero-order valence-corrected chi connectivity index (χ0v) is 22.8. The average molecular weight is 532 g/mol. The number of ether oxygens (including phenoxy) is 2. The van der Waals surface area contributed by atoms with E-state index in [1.165, 1.54) is 35.6 Å². The summed E-state index contributed by atoms with van der Waals surface area (Å²) in [6.45, 7) is 8.59. The Bertz CT molecular complexity index is 1380. The van der Waals surface area contributed by atoms with Gasteiger partial charge >= 0.3 is 0 Å². The van der Waals surface area contributed by atoms with Gasteiger partial charge in [0, 0.05) is 32.3 Å². The number of thiazole rings is 1. The number of hydrogen-bond donors (Lipinski definition) is 0. The highest BCUT2D eigenvalue weighted by atomic mass is 32.2. The Labute approximate surface area is 216 Å². The average Bonchev–Trinajstić information content (AvgIpc) is 3.20. The van der Waals surface area contributed by atoms with Gasteiger partial charge in [-0.3, -0.25) is 4.79 Å². The summed E-state index contributed by atoms with van der Waals surface area (Å²) in [7, 11) is -1.99. The molecule has 4 rings (SSSR count). The van der Waals surface area contributed by atoms with Gasteiger partial charge in [-0.25, -0.2) is 8.42 Å². The normalized spacial score (nSPS) is 19.6. The Morgan fingerprint density at radius 2 is 1.81 bits per heavy atom. The Balaban J connectivity index is 1.65. The third-order valence-corrected chi connectivity index (χ3v) is 9.14. The molecule has 0 radical (unpaired) electrons. The van der Waals surface area contributed by atoms with Crippen LogP contribution in [0.15, 0.2) is 52.4 Å². The van der Waals surface area contributed by atoms with Gasteiger partial charge in [0.25, 0.3) is 5.91 Å². The molecule has 2 atom stereocenters. The lowest BCUT2D eigenvalue weighted by Crippen LogP contribution is -2.42. The van der Waals surface area contributed by atoms with Crippen molar-refractivity contribution in [3.05, 3.63) is 52.8 Å². The van der Waals surface area contributed by atoms with Gasteiger partial charge in [-0.1, -0.05) is 31.3 Å². The predicted octanol–water partition coefficient (Wildman–Crippen LogP) is 4.16. The van der Waals surface area contributed by atoms with E-state index in [1.54, 1.807) is 11.4 Å². The van der Waals surface area contributed by atoms with Gasteiger partial charge in [0.05, 0.1) is 22.8 Å². The summed E-state index contributed by atoms with van der Waals surface area (Å²) >= 11 is 1.40. The third kappa shape index (κ3) is 5.56. The molecule has 194 valence electrons. The van der Waals surface area contributed by atoms with E-state index in [0.717, 1.165) is 22.4 Å². The van der Waals surface area contributed by atoms with E-state index in [1.807, 2.05) is 29.7 Å². The van der Waals surface area contributed by atoms with Crippen LogP contribution in [0.4, 0.5) is 0 Å². The van der Waals surface area contributed by atoms with Crippen molar-refractivity contribution in [3.63, 3.8) is 0 Å². The second-order valence-corrected chi connectivity index (χ2v) is 12.2. The van der Waals surface area contributed by atoms with Crippen LogP contribution in [0, 0.1) is 11.8 Å². The Hall–Kier alpha value is -2.53. The number of fused-ring (bicyclic) bond motifs is 1. The minimum Gasteiger partial charge on any atom is -0.492 e. The smallest absolute Gasteiger partial charge is 0.279 e. The number of hydrogen-bond acceptors (Lipinski definition) is 6. The van der Waals surface area contributed by atoms with Crippen LogP contribution >= 0.6 is 11.3 Å². The van der Waals surface area contributed by atoms with Gasteiger partial charge in [-0.05, 0) is 61.6 Å². The number of piperidine rings is 1. The fourth-order valence-electron chi connectivity index (χ4n) is 4.72. The zero-order valence-electron chi connectivity index (χ0n) is 21.1. The molecule has 3 aromatic rings. The van der Waals surface area contributed by atoms with Crippen LogP contribution in [0.25, 0.3) is 10.2 Å². The van der Waals surface area contributed by atoms with E-state index < -0.39 is 15.9 Å². The van der Waals surface area contributed by atoms with Gasteiger partial charge in [-0.2, -0.15) is 9.30 Å². The Morgan fingerprint density at radius 1 is 1.11 bits per heavy atom. The van der Waals surface area contributed by atoms with Crippen LogP contribution < -0.4 is 9.54 Å². The Kier molecular flexibility index (Phi) is 8.29. The number of amides is 1. The van der Waals surface area contributed by atoms with E-state index in [9.17, 15) is 13.2 Å². The topological polar surface area (TPSA) is 90.2 Å². The van der Waals surface area contributed by atoms with Crippen molar-refractivity contribution >= 4 is 37.5 Å². The summed E-state index contributed by atoms with van der Waals surface area (Å²) < 4.78 is 41.9. The second kappa shape index (κ2) is 11.2. The van der Waals surface area contributed by atoms with Crippen molar-refractivity contribution in [1.29, 1.82) is 0 Å². The van der Waals surface area contributed by atoms with E-state index in [-0.39, 0.29) is 4.90 Å². The van der Waals surface area contributed by atoms with E-state index >= 15 is 0 Å². The number of benzene rings is 2. The molecule has 1 amide bonds. The first-order valence-electron chi connectivity index (χ1n) is 12.2. The second-order valence-electron chi connectivity index (χ2n) is 9.27. The fourth-order valence-corrected chi connectivity index (χ4v) is 7.47. The number of nitrogens with zero attached hydrogens (tertiary/aromatic N) is 3. The van der Waals surface area contributed by atoms with Crippen LogP contribution in [-0.4, -0.2) is 56.6 Å². The molecule has 0 saturated carbocycles. The highest BCUT2D eigenvalue weighted by Gasteiger charge is 2.31. The van der Waals surface area contributed by atoms with Crippen LogP contribution in [0.1, 0.15) is 37.6 Å². The molecule has 10 heteroatoms. The van der Waals surface area contributed by atoms with E-state index in [4.69, 9.17) is 9.47 Å². The Morgan fingerprint density at radius 3 is 2.44 bits per heavy atom. The van der Waals surface area contributed by atoms with Crippen molar-refractivity contribution in [2.45, 2.75) is 38.6 Å². The molecule has 1 aliphatic rings. The standard InChI is InChI=1S/C26H33N3O5S2/c1-5-34-22-7-6-8-23-24(22)29(13-14-33-4)26(35-23)27-25(30)20-9-11-21(12-10-20)36(31,32)28-16-18(2)15-19(3)17-28/h6-12,18-19H,5,13-17H2,1-4H3. The molecular formula is C26H33N3O5S2. The first-order valence-corrected chi connectivity index (χ1v) is 14.4. The number of para-hydroxylation sites is 1. The molecule has 0 spiro atoms. The molecule has 2 heterocycles. The minimum atomic E-state index is -3.61. The molecule has 0 aliphatic carbocycles. The largest absolute Gasteiger partial charge is 0.492 e. The van der Waals surface area contributed by atoms with Gasteiger partial charge in [0.1, 0.15) is 11.3 Å². The molecule has 8 nitrogen and oxygen atoms in total. The molecule has 1 fully saturated rings. The summed E-state index contributed by atoms with van der Waals surface area (Å²) in [5.74, 6) is 0.928. The maximum Gasteiger partial charge on any atom is 0.279 e. The quantitative estimate of drug-likeness (QED) is 0.436. The van der Waals surface area contributed by atoms with Crippen molar-refractivity contribution in [3.8, 4) is 5.75 Å². The number of methoxy groups -OCH3 is 1. The lowest BCUT2D eigenvalue weighted by molar-refractivity contribution is 0.0997. The number of carbonyl (C=O) groups is 1. The molecule has 1 saturated heterocycles. The zero-order chi connectivity index (χ0) is 25.9. The summed E-state index contributed by atoms with van der Waals surface area (Å²) in [6.07, 6.45) is 1.02. The lowest BCUT2D eigenvalue weighted by Gasteiger charge is -2.34. The molecule has 1 aromatic heterocycles. The minimum absolute atomic E-state index is 0.193. The van der Waals surface area contributed by atoms with E-state index in [0.29, 0.717) is 55.0 Å². The summed E-state index contributed by atoms with van der Waals surface area (Å²) in [5.41, 5.74) is 1.20. The highest BCUT2D eigenvalue weighted by Crippen LogP contribution is 2.28. The first kappa shape index (κ1) is 26.5. The maximum atomic E-state index is 13.2. The van der Waals surface area contributed by atoms with E-state index in [2.05, 4.69) is 18.8 Å². The van der Waals surface area contributed by atoms with Crippen molar-refractivity contribution in [2.24, 2.45) is 16.8 Å². The lowest BCUT2D eigenvalue weighted by atomic mass is 9.94. The monoisotopic (exact) mass is 531 g/mol. The molecule has 0 bridgehead atoms. The number of sulfonamides is 1. The van der Waals surface area contributed by atoms with Gasteiger partial charge in [-0.15, -0.1) is 0 Å². The summed E-state index contributed by atoms with van der Waals surface area (Å²) in [4.78, 5) is 18.2. The van der Waals surface area contributed by atoms with Crippen LogP contribution in [0.3, 0.4) is 0 Å². The molecule has 0 N–H and O–H groups in total. The fraction of sp³-hybridized carbons (Fsp3) is 0.462. The van der Waals surface area contributed by atoms with Crippen molar-refractivity contribution in [2.75, 3.05) is 33.4 Å². The molecule has 2 aromatic carbocycles. The van der Waals surface area contributed by atoms with Crippen LogP contribution in [0.2, 0.25) is 0 Å². The summed E-state index contributed by atoms with van der Waals surface area (Å²) in [6, 6.07) is 11.9. The third-order valence-electron chi connectivity index (χ3n) is 6.25. The predicted molar refractivity (Wildman–Crippen MR) is 141 cm³/mol. The molecular weight excluding hydrogens is 498 g/mol. The van der Waals surface area contributed by atoms with Crippen molar-refractivity contribution < 1.29 is 22.7 Å². The summed E-state index contributed by atoms with van der Waals surface area (Å²) in [5, 5.41) is 0. The van der Waals surface area contributed by atoms with Gasteiger partial charge < -0.3 is 14.0 Å². The van der Waals surface area contributed by atoms with Gasteiger partial charge in [0.2, 0.25) is 10.0 Å². The van der Waals surface area contributed by atoms with Crippen LogP contribution in [0.5, 0.6) is 5.75 Å². The van der Waals surface area contributed by atoms with Crippen molar-refractivity contribution in [1.82, 2.24) is 8.87 Å². The SMILES string of the molecule is CCOc1cccc2sc(=NC(=O)c3ccc(S(=O)(=O)N4CC(C)CC(C)C4)cc3)n(CCOC)c12. The number of aromatic nitrogens is 1. The molecule has 36 heavy (non-hydrogen) atoms. The highest BCUT2D eigenvalue weighted by molar-refractivity contribution is 7.89. The molecule has 2 unspecified atom stereocenters. The molecule has 1 aliphatic heterocycles. The first-order chi connectivity index (χ1) is 17.2. The van der Waals surface area contributed by atoms with Gasteiger partial charge in [0.15, 0.2) is 4.80 Å². The number of rotatable bonds is 8.